The molecular formula is C19H21NO5. The van der Waals surface area contributed by atoms with E-state index in [1.54, 1.807) is 18.2 Å². The van der Waals surface area contributed by atoms with Gasteiger partial charge in [0.1, 0.15) is 17.1 Å². The van der Waals surface area contributed by atoms with Crippen LogP contribution in [-0.2, 0) is 9.53 Å². The van der Waals surface area contributed by atoms with Gasteiger partial charge in [-0.25, -0.2) is 4.79 Å². The van der Waals surface area contributed by atoms with Gasteiger partial charge in [-0.2, -0.15) is 0 Å². The Hall–Kier alpha value is -3.02. The summed E-state index contributed by atoms with van der Waals surface area (Å²) in [5, 5.41) is 2.71. The predicted molar refractivity (Wildman–Crippen MR) is 94.4 cm³/mol. The number of amides is 1. The molecule has 1 N–H and O–H groups in total. The molecule has 2 aromatic rings. The van der Waals surface area contributed by atoms with Gasteiger partial charge in [-0.15, -0.1) is 0 Å². The number of methoxy groups -OCH3 is 2. The Morgan fingerprint density at radius 1 is 0.960 bits per heavy atom. The van der Waals surface area contributed by atoms with E-state index in [4.69, 9.17) is 14.2 Å². The molecule has 6 heteroatoms. The monoisotopic (exact) mass is 343 g/mol. The lowest BCUT2D eigenvalue weighted by Crippen LogP contribution is -2.21. The highest BCUT2D eigenvalue weighted by Gasteiger charge is 2.20. The minimum Gasteiger partial charge on any atom is -0.496 e. The number of hydrogen-bond donors (Lipinski definition) is 1. The molecule has 0 unspecified atom stereocenters. The average molecular weight is 343 g/mol. The third kappa shape index (κ3) is 4.73. The van der Waals surface area contributed by atoms with Crippen LogP contribution >= 0.6 is 0 Å². The first kappa shape index (κ1) is 18.3. The second kappa shape index (κ2) is 8.19. The van der Waals surface area contributed by atoms with Crippen LogP contribution in [0.5, 0.6) is 11.5 Å². The van der Waals surface area contributed by atoms with E-state index < -0.39 is 18.5 Å². The first-order valence-electron chi connectivity index (χ1n) is 7.71. The molecule has 0 atom stereocenters. The topological polar surface area (TPSA) is 73.9 Å². The molecule has 0 fully saturated rings. The molecule has 0 aliphatic heterocycles. The first-order valence-corrected chi connectivity index (χ1v) is 7.71. The Labute approximate surface area is 146 Å². The van der Waals surface area contributed by atoms with Crippen LogP contribution in [0, 0.1) is 13.8 Å². The number of carbonyl (C=O) groups is 2. The molecule has 0 bridgehead atoms. The van der Waals surface area contributed by atoms with E-state index in [-0.39, 0.29) is 5.56 Å². The fraction of sp³-hybridized carbons (Fsp3) is 0.263. The summed E-state index contributed by atoms with van der Waals surface area (Å²) in [5.74, 6) is -0.477. The summed E-state index contributed by atoms with van der Waals surface area (Å²) in [6.45, 7) is 3.47. The van der Waals surface area contributed by atoms with E-state index in [1.165, 1.54) is 14.2 Å². The summed E-state index contributed by atoms with van der Waals surface area (Å²) in [5.41, 5.74) is 2.87. The van der Waals surface area contributed by atoms with E-state index >= 15 is 0 Å². The van der Waals surface area contributed by atoms with Gasteiger partial charge < -0.3 is 19.5 Å². The number of carbonyl (C=O) groups excluding carboxylic acids is 2. The van der Waals surface area contributed by atoms with Gasteiger partial charge >= 0.3 is 5.97 Å². The predicted octanol–water partition coefficient (Wildman–Crippen LogP) is 3.12. The number of aryl methyl sites for hydroxylation is 2. The molecule has 0 saturated carbocycles. The standard InChI is InChI=1S/C19H21NO5/c1-12-8-13(2)10-14(9-12)20-17(21)11-25-19(22)18-15(23-3)6-5-7-16(18)24-4/h5-10H,11H2,1-4H3,(H,20,21). The number of anilines is 1. The molecule has 132 valence electrons. The first-order chi connectivity index (χ1) is 11.9. The van der Waals surface area contributed by atoms with Crippen LogP contribution in [0.2, 0.25) is 0 Å². The minimum absolute atomic E-state index is 0.145. The van der Waals surface area contributed by atoms with Gasteiger partial charge in [0.25, 0.3) is 5.91 Å². The van der Waals surface area contributed by atoms with Crippen LogP contribution in [0.3, 0.4) is 0 Å². The average Bonchev–Trinajstić information content (AvgIpc) is 2.57. The van der Waals surface area contributed by atoms with Crippen LogP contribution in [0.25, 0.3) is 0 Å². The Balaban J connectivity index is 2.03. The van der Waals surface area contributed by atoms with Crippen molar-refractivity contribution in [2.24, 2.45) is 0 Å². The van der Waals surface area contributed by atoms with E-state index in [1.807, 2.05) is 32.0 Å². The molecular weight excluding hydrogens is 322 g/mol. The molecule has 0 aromatic heterocycles. The third-order valence-electron chi connectivity index (χ3n) is 3.47. The van der Waals surface area contributed by atoms with Gasteiger partial charge in [0, 0.05) is 5.69 Å². The maximum Gasteiger partial charge on any atom is 0.346 e. The zero-order valence-electron chi connectivity index (χ0n) is 14.7. The van der Waals surface area contributed by atoms with Crippen molar-refractivity contribution < 1.29 is 23.8 Å². The minimum atomic E-state index is -0.690. The van der Waals surface area contributed by atoms with E-state index in [9.17, 15) is 9.59 Å². The van der Waals surface area contributed by atoms with Crippen molar-refractivity contribution in [3.8, 4) is 11.5 Å². The summed E-state index contributed by atoms with van der Waals surface area (Å²) < 4.78 is 15.4. The lowest BCUT2D eigenvalue weighted by atomic mass is 10.1. The van der Waals surface area contributed by atoms with Crippen molar-refractivity contribution >= 4 is 17.6 Å². The maximum atomic E-state index is 12.3. The smallest absolute Gasteiger partial charge is 0.346 e. The fourth-order valence-electron chi connectivity index (χ4n) is 2.50. The van der Waals surface area contributed by atoms with Crippen molar-refractivity contribution in [2.45, 2.75) is 13.8 Å². The number of esters is 1. The van der Waals surface area contributed by atoms with Gasteiger partial charge in [0.2, 0.25) is 0 Å². The normalized spacial score (nSPS) is 10.1. The van der Waals surface area contributed by atoms with Crippen molar-refractivity contribution in [3.05, 3.63) is 53.1 Å². The Bertz CT molecular complexity index is 743. The van der Waals surface area contributed by atoms with Crippen molar-refractivity contribution in [2.75, 3.05) is 26.1 Å². The van der Waals surface area contributed by atoms with Crippen LogP contribution in [-0.4, -0.2) is 32.7 Å². The molecule has 6 nitrogen and oxygen atoms in total. The van der Waals surface area contributed by atoms with E-state index in [0.717, 1.165) is 11.1 Å². The Kier molecular flexibility index (Phi) is 6.00. The third-order valence-corrected chi connectivity index (χ3v) is 3.47. The van der Waals surface area contributed by atoms with Crippen molar-refractivity contribution in [1.29, 1.82) is 0 Å². The zero-order chi connectivity index (χ0) is 18.4. The SMILES string of the molecule is COc1cccc(OC)c1C(=O)OCC(=O)Nc1cc(C)cc(C)c1. The van der Waals surface area contributed by atoms with Gasteiger partial charge in [0.15, 0.2) is 6.61 Å². The summed E-state index contributed by atoms with van der Waals surface area (Å²) in [6, 6.07) is 10.6. The fourth-order valence-corrected chi connectivity index (χ4v) is 2.50. The molecule has 0 spiro atoms. The van der Waals surface area contributed by atoms with Gasteiger partial charge in [-0.05, 0) is 49.2 Å². The Morgan fingerprint density at radius 2 is 1.52 bits per heavy atom. The largest absolute Gasteiger partial charge is 0.496 e. The summed E-state index contributed by atoms with van der Waals surface area (Å²) in [4.78, 5) is 24.3. The van der Waals surface area contributed by atoms with Crippen molar-refractivity contribution in [3.63, 3.8) is 0 Å². The van der Waals surface area contributed by atoms with Crippen molar-refractivity contribution in [1.82, 2.24) is 0 Å². The number of ether oxygens (including phenoxy) is 3. The lowest BCUT2D eigenvalue weighted by molar-refractivity contribution is -0.119. The van der Waals surface area contributed by atoms with Crippen LogP contribution in [0.15, 0.2) is 36.4 Å². The van der Waals surface area contributed by atoms with Gasteiger partial charge in [-0.1, -0.05) is 12.1 Å². The molecule has 1 amide bonds. The molecule has 0 saturated heterocycles. The van der Waals surface area contributed by atoms with Crippen LogP contribution in [0.4, 0.5) is 5.69 Å². The summed E-state index contributed by atoms with van der Waals surface area (Å²) in [7, 11) is 2.89. The Morgan fingerprint density at radius 3 is 2.04 bits per heavy atom. The summed E-state index contributed by atoms with van der Waals surface area (Å²) >= 11 is 0. The molecule has 0 aliphatic rings. The summed E-state index contributed by atoms with van der Waals surface area (Å²) in [6.07, 6.45) is 0. The van der Waals surface area contributed by atoms with Gasteiger partial charge in [-0.3, -0.25) is 4.79 Å². The van der Waals surface area contributed by atoms with E-state index in [0.29, 0.717) is 17.2 Å². The van der Waals surface area contributed by atoms with Gasteiger partial charge in [0.05, 0.1) is 14.2 Å². The number of hydrogen-bond acceptors (Lipinski definition) is 5. The highest BCUT2D eigenvalue weighted by molar-refractivity contribution is 5.98. The van der Waals surface area contributed by atoms with E-state index in [2.05, 4.69) is 5.32 Å². The lowest BCUT2D eigenvalue weighted by Gasteiger charge is -2.12. The maximum absolute atomic E-state index is 12.3. The van der Waals surface area contributed by atoms with Crippen LogP contribution < -0.4 is 14.8 Å². The number of benzene rings is 2. The number of rotatable bonds is 6. The second-order valence-corrected chi connectivity index (χ2v) is 5.54. The molecule has 2 aromatic carbocycles. The number of nitrogens with one attached hydrogen (secondary N) is 1. The molecule has 25 heavy (non-hydrogen) atoms. The molecule has 0 heterocycles. The molecule has 0 aliphatic carbocycles. The highest BCUT2D eigenvalue weighted by atomic mass is 16.5. The molecule has 0 radical (unpaired) electrons. The quantitative estimate of drug-likeness (QED) is 0.816. The second-order valence-electron chi connectivity index (χ2n) is 5.54. The molecule has 2 rings (SSSR count). The van der Waals surface area contributed by atoms with Crippen LogP contribution in [0.1, 0.15) is 21.5 Å². The highest BCUT2D eigenvalue weighted by Crippen LogP contribution is 2.28. The zero-order valence-corrected chi connectivity index (χ0v) is 14.7.